The Morgan fingerprint density at radius 3 is 2.74 bits per heavy atom. The van der Waals surface area contributed by atoms with E-state index in [1.165, 1.54) is 11.3 Å². The van der Waals surface area contributed by atoms with E-state index in [0.717, 1.165) is 15.2 Å². The Bertz CT molecular complexity index is 691. The van der Waals surface area contributed by atoms with Gasteiger partial charge < -0.3 is 5.32 Å². The number of hydrogen-bond donors (Lipinski definition) is 1. The predicted octanol–water partition coefficient (Wildman–Crippen LogP) is 3.93. The highest BCUT2D eigenvalue weighted by Gasteiger charge is 2.10. The van der Waals surface area contributed by atoms with E-state index < -0.39 is 5.95 Å². The van der Waals surface area contributed by atoms with Crippen molar-refractivity contribution in [1.29, 1.82) is 0 Å². The summed E-state index contributed by atoms with van der Waals surface area (Å²) in [5.41, 5.74) is 1.91. The van der Waals surface area contributed by atoms with Gasteiger partial charge in [-0.1, -0.05) is 12.1 Å². The molecule has 3 rings (SSSR count). The van der Waals surface area contributed by atoms with Gasteiger partial charge in [0.15, 0.2) is 0 Å². The lowest BCUT2D eigenvalue weighted by Gasteiger charge is -2.04. The van der Waals surface area contributed by atoms with Crippen LogP contribution in [0.1, 0.15) is 6.92 Å². The van der Waals surface area contributed by atoms with Gasteiger partial charge in [0.1, 0.15) is 10.7 Å². The molecule has 3 nitrogen and oxygen atoms in total. The van der Waals surface area contributed by atoms with Gasteiger partial charge in [0.05, 0.1) is 15.9 Å². The molecule has 0 aliphatic carbocycles. The summed E-state index contributed by atoms with van der Waals surface area (Å²) < 4.78 is 14.9. The molecule has 0 radical (unpaired) electrons. The third-order valence-electron chi connectivity index (χ3n) is 2.73. The maximum atomic E-state index is 13.8. The van der Waals surface area contributed by atoms with Crippen LogP contribution in [0, 0.1) is 5.95 Å². The zero-order valence-corrected chi connectivity index (χ0v) is 11.2. The van der Waals surface area contributed by atoms with E-state index in [0.29, 0.717) is 17.9 Å². The second-order valence-corrected chi connectivity index (χ2v) is 5.08. The van der Waals surface area contributed by atoms with E-state index in [9.17, 15) is 4.39 Å². The molecular formula is C14H12FN3S. The lowest BCUT2D eigenvalue weighted by molar-refractivity contribution is 0.588. The van der Waals surface area contributed by atoms with Crippen molar-refractivity contribution in [2.45, 2.75) is 6.92 Å². The van der Waals surface area contributed by atoms with E-state index >= 15 is 0 Å². The fourth-order valence-electron chi connectivity index (χ4n) is 1.86. The number of nitrogens with one attached hydrogen (secondary N) is 1. The minimum Gasteiger partial charge on any atom is -0.382 e. The van der Waals surface area contributed by atoms with Crippen molar-refractivity contribution in [2.24, 2.45) is 0 Å². The van der Waals surface area contributed by atoms with Gasteiger partial charge in [-0.15, -0.1) is 11.3 Å². The first kappa shape index (κ1) is 12.0. The number of anilines is 1. The maximum Gasteiger partial charge on any atom is 0.236 e. The summed E-state index contributed by atoms with van der Waals surface area (Å²) in [5, 5.41) is 3.67. The summed E-state index contributed by atoms with van der Waals surface area (Å²) in [6, 6.07) is 11.3. The molecule has 96 valence electrons. The van der Waals surface area contributed by atoms with Crippen LogP contribution in [0.5, 0.6) is 0 Å². The van der Waals surface area contributed by atoms with Gasteiger partial charge in [0.2, 0.25) is 5.95 Å². The van der Waals surface area contributed by atoms with E-state index in [-0.39, 0.29) is 0 Å². The van der Waals surface area contributed by atoms with Gasteiger partial charge in [-0.2, -0.15) is 4.39 Å². The summed E-state index contributed by atoms with van der Waals surface area (Å²) in [6.07, 6.45) is 0. The van der Waals surface area contributed by atoms with Gasteiger partial charge in [-0.3, -0.25) is 0 Å². The van der Waals surface area contributed by atoms with Crippen LogP contribution in [0.25, 0.3) is 20.9 Å². The largest absolute Gasteiger partial charge is 0.382 e. The number of para-hydroxylation sites is 1. The SMILES string of the molecule is CCNc1ccc(-c2nc3ccccc3s2)nc1F. The number of fused-ring (bicyclic) bond motifs is 1. The number of rotatable bonds is 3. The lowest BCUT2D eigenvalue weighted by Crippen LogP contribution is -2.01. The van der Waals surface area contributed by atoms with Crippen molar-refractivity contribution >= 4 is 27.2 Å². The molecule has 0 saturated carbocycles. The van der Waals surface area contributed by atoms with Gasteiger partial charge in [0, 0.05) is 6.54 Å². The summed E-state index contributed by atoms with van der Waals surface area (Å²) in [5.74, 6) is -0.487. The van der Waals surface area contributed by atoms with Crippen LogP contribution in [0.2, 0.25) is 0 Å². The molecule has 0 atom stereocenters. The Morgan fingerprint density at radius 1 is 1.16 bits per heavy atom. The summed E-state index contributed by atoms with van der Waals surface area (Å²) in [7, 11) is 0. The fourth-order valence-corrected chi connectivity index (χ4v) is 2.79. The van der Waals surface area contributed by atoms with E-state index in [4.69, 9.17) is 0 Å². The number of halogens is 1. The van der Waals surface area contributed by atoms with E-state index in [1.54, 1.807) is 12.1 Å². The van der Waals surface area contributed by atoms with Crippen LogP contribution in [-0.2, 0) is 0 Å². The van der Waals surface area contributed by atoms with E-state index in [2.05, 4.69) is 15.3 Å². The van der Waals surface area contributed by atoms with Crippen LogP contribution < -0.4 is 5.32 Å². The maximum absolute atomic E-state index is 13.8. The molecule has 0 aliphatic rings. The standard InChI is InChI=1S/C14H12FN3S/c1-2-16-10-7-8-11(17-13(10)15)14-18-9-5-3-4-6-12(9)19-14/h3-8,16H,2H2,1H3. The number of pyridine rings is 1. The molecule has 0 unspecified atom stereocenters. The van der Waals surface area contributed by atoms with Crippen LogP contribution in [-0.4, -0.2) is 16.5 Å². The van der Waals surface area contributed by atoms with Crippen LogP contribution in [0.15, 0.2) is 36.4 Å². The molecular weight excluding hydrogens is 261 g/mol. The highest BCUT2D eigenvalue weighted by Crippen LogP contribution is 2.29. The average molecular weight is 273 g/mol. The Hall–Kier alpha value is -2.01. The molecule has 0 saturated heterocycles. The summed E-state index contributed by atoms with van der Waals surface area (Å²) >= 11 is 1.52. The quantitative estimate of drug-likeness (QED) is 0.735. The average Bonchev–Trinajstić information content (AvgIpc) is 2.85. The number of thiazole rings is 1. The zero-order valence-electron chi connectivity index (χ0n) is 10.4. The zero-order chi connectivity index (χ0) is 13.2. The van der Waals surface area contributed by atoms with Crippen molar-refractivity contribution < 1.29 is 4.39 Å². The molecule has 1 aromatic carbocycles. The smallest absolute Gasteiger partial charge is 0.236 e. The van der Waals surface area contributed by atoms with Crippen molar-refractivity contribution in [2.75, 3.05) is 11.9 Å². The highest BCUT2D eigenvalue weighted by molar-refractivity contribution is 7.21. The van der Waals surface area contributed by atoms with Gasteiger partial charge in [-0.25, -0.2) is 9.97 Å². The third kappa shape index (κ3) is 2.29. The van der Waals surface area contributed by atoms with Crippen LogP contribution >= 0.6 is 11.3 Å². The molecule has 2 heterocycles. The molecule has 2 aromatic heterocycles. The minimum absolute atomic E-state index is 0.423. The molecule has 0 aliphatic heterocycles. The summed E-state index contributed by atoms with van der Waals surface area (Å²) in [4.78, 5) is 8.44. The van der Waals surface area contributed by atoms with Gasteiger partial charge in [0.25, 0.3) is 0 Å². The fraction of sp³-hybridized carbons (Fsp3) is 0.143. The molecule has 5 heteroatoms. The Kier molecular flexibility index (Phi) is 3.13. The normalized spacial score (nSPS) is 10.8. The van der Waals surface area contributed by atoms with Crippen LogP contribution in [0.3, 0.4) is 0 Å². The number of aromatic nitrogens is 2. The molecule has 1 N–H and O–H groups in total. The second-order valence-electron chi connectivity index (χ2n) is 4.05. The number of benzene rings is 1. The Morgan fingerprint density at radius 2 is 2.00 bits per heavy atom. The summed E-state index contributed by atoms with van der Waals surface area (Å²) in [6.45, 7) is 2.58. The molecule has 0 fully saturated rings. The molecule has 0 amide bonds. The lowest BCUT2D eigenvalue weighted by atomic mass is 10.3. The topological polar surface area (TPSA) is 37.8 Å². The van der Waals surface area contributed by atoms with Gasteiger partial charge in [-0.05, 0) is 31.2 Å². The molecule has 0 bridgehead atoms. The first-order valence-corrected chi connectivity index (χ1v) is 6.86. The first-order valence-electron chi connectivity index (χ1n) is 6.04. The van der Waals surface area contributed by atoms with Crippen LogP contribution in [0.4, 0.5) is 10.1 Å². The minimum atomic E-state index is -0.487. The van der Waals surface area contributed by atoms with Gasteiger partial charge >= 0.3 is 0 Å². The van der Waals surface area contributed by atoms with E-state index in [1.807, 2.05) is 31.2 Å². The number of hydrogen-bond acceptors (Lipinski definition) is 4. The van der Waals surface area contributed by atoms with Crippen molar-refractivity contribution in [1.82, 2.24) is 9.97 Å². The second kappa shape index (κ2) is 4.93. The Labute approximate surface area is 114 Å². The van der Waals surface area contributed by atoms with Crippen molar-refractivity contribution in [3.8, 4) is 10.7 Å². The predicted molar refractivity (Wildman–Crippen MR) is 77.0 cm³/mol. The molecule has 3 aromatic rings. The van der Waals surface area contributed by atoms with Crippen molar-refractivity contribution in [3.63, 3.8) is 0 Å². The molecule has 0 spiro atoms. The van der Waals surface area contributed by atoms with Crippen molar-refractivity contribution in [3.05, 3.63) is 42.3 Å². The molecule has 19 heavy (non-hydrogen) atoms. The Balaban J connectivity index is 2.03. The monoisotopic (exact) mass is 273 g/mol. The highest BCUT2D eigenvalue weighted by atomic mass is 32.1. The first-order chi connectivity index (χ1) is 9.28. The number of nitrogens with zero attached hydrogens (tertiary/aromatic N) is 2. The third-order valence-corrected chi connectivity index (χ3v) is 3.79.